The minimum Gasteiger partial charge on any atom is -0.462 e. The van der Waals surface area contributed by atoms with Crippen molar-refractivity contribution < 1.29 is 24.5 Å². The number of esters is 1. The van der Waals surface area contributed by atoms with Gasteiger partial charge in [0.1, 0.15) is 6.10 Å². The van der Waals surface area contributed by atoms with Gasteiger partial charge in [-0.25, -0.2) is 0 Å². The summed E-state index contributed by atoms with van der Waals surface area (Å²) in [6.45, 7) is 6.46. The zero-order chi connectivity index (χ0) is 45.2. The van der Waals surface area contributed by atoms with Gasteiger partial charge in [-0.3, -0.25) is 9.59 Å². The SMILES string of the molecule is CCCCC/C=C/C=C/CCCCCCC(CC(=O)NC(CO)C(O)CCCCCCCCCCCCCCCCCCC)OC(=O)CCCCC/C=C\CCCCCCCC. The summed E-state index contributed by atoms with van der Waals surface area (Å²) in [4.78, 5) is 26.1. The number of hydrogen-bond donors (Lipinski definition) is 3. The predicted octanol–water partition coefficient (Wildman–Crippen LogP) is 16.5. The summed E-state index contributed by atoms with van der Waals surface area (Å²) in [7, 11) is 0. The van der Waals surface area contributed by atoms with E-state index in [2.05, 4.69) is 62.5 Å². The molecular formula is C56H105NO5. The van der Waals surface area contributed by atoms with E-state index in [0.717, 1.165) is 83.5 Å². The second-order valence-electron chi connectivity index (χ2n) is 18.7. The normalized spacial score (nSPS) is 13.4. The number of aliphatic hydroxyl groups is 2. The largest absolute Gasteiger partial charge is 0.462 e. The van der Waals surface area contributed by atoms with Crippen molar-refractivity contribution in [3.8, 4) is 0 Å². The molecule has 0 spiro atoms. The molecule has 0 aliphatic heterocycles. The van der Waals surface area contributed by atoms with Gasteiger partial charge in [0.15, 0.2) is 0 Å². The molecule has 0 aliphatic rings. The molecule has 6 heteroatoms. The summed E-state index contributed by atoms with van der Waals surface area (Å²) in [6.07, 6.45) is 59.2. The van der Waals surface area contributed by atoms with Crippen LogP contribution in [0.25, 0.3) is 0 Å². The fraction of sp³-hybridized carbons (Fsp3) is 0.857. The lowest BCUT2D eigenvalue weighted by atomic mass is 10.0. The molecule has 0 aromatic rings. The van der Waals surface area contributed by atoms with Crippen LogP contribution in [0, 0.1) is 0 Å². The van der Waals surface area contributed by atoms with Gasteiger partial charge in [-0.05, 0) is 77.0 Å². The quantitative estimate of drug-likeness (QED) is 0.0245. The van der Waals surface area contributed by atoms with Gasteiger partial charge in [0.2, 0.25) is 5.91 Å². The van der Waals surface area contributed by atoms with Crippen molar-refractivity contribution in [1.29, 1.82) is 0 Å². The zero-order valence-corrected chi connectivity index (χ0v) is 41.5. The van der Waals surface area contributed by atoms with Crippen molar-refractivity contribution in [3.63, 3.8) is 0 Å². The molecule has 0 saturated heterocycles. The first-order valence-corrected chi connectivity index (χ1v) is 27.2. The number of ether oxygens (including phenoxy) is 1. The van der Waals surface area contributed by atoms with Crippen molar-refractivity contribution in [2.45, 2.75) is 302 Å². The molecule has 0 aliphatic carbocycles. The number of aliphatic hydroxyl groups excluding tert-OH is 2. The minimum atomic E-state index is -0.794. The van der Waals surface area contributed by atoms with Crippen molar-refractivity contribution in [2.75, 3.05) is 6.61 Å². The van der Waals surface area contributed by atoms with Gasteiger partial charge < -0.3 is 20.3 Å². The van der Waals surface area contributed by atoms with Crippen LogP contribution in [0.5, 0.6) is 0 Å². The first-order valence-electron chi connectivity index (χ1n) is 27.2. The topological polar surface area (TPSA) is 95.9 Å². The lowest BCUT2D eigenvalue weighted by molar-refractivity contribution is -0.151. The Morgan fingerprint density at radius 1 is 0.468 bits per heavy atom. The van der Waals surface area contributed by atoms with Gasteiger partial charge in [-0.15, -0.1) is 0 Å². The van der Waals surface area contributed by atoms with Crippen LogP contribution in [0.15, 0.2) is 36.5 Å². The molecular weight excluding hydrogens is 767 g/mol. The molecule has 1 amide bonds. The van der Waals surface area contributed by atoms with Gasteiger partial charge in [-0.1, -0.05) is 231 Å². The fourth-order valence-corrected chi connectivity index (χ4v) is 8.30. The van der Waals surface area contributed by atoms with E-state index >= 15 is 0 Å². The maximum atomic E-state index is 13.2. The van der Waals surface area contributed by atoms with E-state index in [1.54, 1.807) is 0 Å². The van der Waals surface area contributed by atoms with Crippen molar-refractivity contribution in [2.24, 2.45) is 0 Å². The summed E-state index contributed by atoms with van der Waals surface area (Å²) >= 11 is 0. The Balaban J connectivity index is 4.53. The molecule has 0 saturated carbocycles. The number of nitrogens with one attached hydrogen (secondary N) is 1. The van der Waals surface area contributed by atoms with Crippen molar-refractivity contribution in [3.05, 3.63) is 36.5 Å². The van der Waals surface area contributed by atoms with Crippen LogP contribution < -0.4 is 5.32 Å². The standard InChI is InChI=1S/C56H105NO5/c1-4-7-10-13-16-19-22-25-26-27-28-31-33-36-39-42-45-48-54(59)53(51-58)57-55(60)50-52(47-44-41-38-35-32-29-23-20-17-14-11-8-5-2)62-56(61)49-46-43-40-37-34-30-24-21-18-15-12-9-6-3/h17,20,23,29-30,34,52-54,58-59H,4-16,18-19,21-22,24-28,31-33,35-51H2,1-3H3,(H,57,60)/b20-17+,29-23+,34-30-. The van der Waals surface area contributed by atoms with E-state index in [9.17, 15) is 19.8 Å². The third-order valence-corrected chi connectivity index (χ3v) is 12.5. The summed E-state index contributed by atoms with van der Waals surface area (Å²) in [6, 6.07) is -0.709. The number of rotatable bonds is 49. The van der Waals surface area contributed by atoms with Gasteiger partial charge in [0.25, 0.3) is 0 Å². The summed E-state index contributed by atoms with van der Waals surface area (Å²) in [5.74, 6) is -0.504. The molecule has 0 rings (SSSR count). The van der Waals surface area contributed by atoms with Gasteiger partial charge >= 0.3 is 5.97 Å². The van der Waals surface area contributed by atoms with Crippen LogP contribution in [0.4, 0.5) is 0 Å². The van der Waals surface area contributed by atoms with Crippen LogP contribution in [0.3, 0.4) is 0 Å². The van der Waals surface area contributed by atoms with E-state index in [1.165, 1.54) is 154 Å². The molecule has 3 atom stereocenters. The number of carbonyl (C=O) groups is 2. The molecule has 3 N–H and O–H groups in total. The molecule has 0 bridgehead atoms. The zero-order valence-electron chi connectivity index (χ0n) is 41.5. The highest BCUT2D eigenvalue weighted by Crippen LogP contribution is 2.18. The summed E-state index contributed by atoms with van der Waals surface area (Å²) in [5.41, 5.74) is 0. The average molecular weight is 872 g/mol. The van der Waals surface area contributed by atoms with E-state index in [-0.39, 0.29) is 24.9 Å². The van der Waals surface area contributed by atoms with Gasteiger partial charge in [0.05, 0.1) is 25.2 Å². The van der Waals surface area contributed by atoms with Crippen LogP contribution >= 0.6 is 0 Å². The smallest absolute Gasteiger partial charge is 0.306 e. The molecule has 364 valence electrons. The molecule has 0 radical (unpaired) electrons. The molecule has 0 fully saturated rings. The Morgan fingerprint density at radius 3 is 1.27 bits per heavy atom. The highest BCUT2D eigenvalue weighted by atomic mass is 16.5. The first-order chi connectivity index (χ1) is 30.5. The number of allylic oxidation sites excluding steroid dienone is 6. The second-order valence-corrected chi connectivity index (χ2v) is 18.7. The first kappa shape index (κ1) is 60.1. The van der Waals surface area contributed by atoms with E-state index in [1.807, 2.05) is 0 Å². The minimum absolute atomic E-state index is 0.0603. The lowest BCUT2D eigenvalue weighted by Gasteiger charge is -2.24. The molecule has 0 heterocycles. The Morgan fingerprint density at radius 2 is 0.823 bits per heavy atom. The van der Waals surface area contributed by atoms with Crippen molar-refractivity contribution in [1.82, 2.24) is 5.32 Å². The van der Waals surface area contributed by atoms with E-state index in [0.29, 0.717) is 19.3 Å². The Hall–Kier alpha value is -1.92. The van der Waals surface area contributed by atoms with Crippen LogP contribution in [0.1, 0.15) is 284 Å². The second kappa shape index (κ2) is 50.1. The third kappa shape index (κ3) is 44.7. The fourth-order valence-electron chi connectivity index (χ4n) is 8.30. The Labute approximate surface area is 385 Å². The van der Waals surface area contributed by atoms with Crippen LogP contribution in [0.2, 0.25) is 0 Å². The number of carbonyl (C=O) groups excluding carboxylic acids is 2. The Kier molecular flexibility index (Phi) is 48.5. The number of amides is 1. The molecule has 0 aromatic carbocycles. The third-order valence-electron chi connectivity index (χ3n) is 12.5. The van der Waals surface area contributed by atoms with E-state index < -0.39 is 18.2 Å². The highest BCUT2D eigenvalue weighted by molar-refractivity contribution is 5.77. The van der Waals surface area contributed by atoms with Crippen LogP contribution in [-0.4, -0.2) is 46.9 Å². The monoisotopic (exact) mass is 872 g/mol. The van der Waals surface area contributed by atoms with Gasteiger partial charge in [-0.2, -0.15) is 0 Å². The molecule has 62 heavy (non-hydrogen) atoms. The predicted molar refractivity (Wildman–Crippen MR) is 269 cm³/mol. The highest BCUT2D eigenvalue weighted by Gasteiger charge is 2.24. The number of hydrogen-bond acceptors (Lipinski definition) is 5. The maximum absolute atomic E-state index is 13.2. The van der Waals surface area contributed by atoms with Crippen LogP contribution in [-0.2, 0) is 14.3 Å². The molecule has 0 aromatic heterocycles. The van der Waals surface area contributed by atoms with Gasteiger partial charge in [0, 0.05) is 6.42 Å². The number of unbranched alkanes of at least 4 members (excludes halogenated alkanes) is 32. The average Bonchev–Trinajstić information content (AvgIpc) is 3.26. The maximum Gasteiger partial charge on any atom is 0.306 e. The van der Waals surface area contributed by atoms with Crippen molar-refractivity contribution >= 4 is 11.9 Å². The summed E-state index contributed by atoms with van der Waals surface area (Å²) in [5, 5.41) is 23.8. The molecule has 3 unspecified atom stereocenters. The summed E-state index contributed by atoms with van der Waals surface area (Å²) < 4.78 is 5.92. The molecule has 6 nitrogen and oxygen atoms in total. The lowest BCUT2D eigenvalue weighted by Crippen LogP contribution is -2.46. The Bertz CT molecular complexity index is 1020. The van der Waals surface area contributed by atoms with E-state index in [4.69, 9.17) is 4.74 Å².